The van der Waals surface area contributed by atoms with Crippen molar-refractivity contribution in [3.8, 4) is 11.6 Å². The van der Waals surface area contributed by atoms with Crippen molar-refractivity contribution in [1.29, 1.82) is 0 Å². The number of carboxylic acid groups (broad SMARTS) is 1. The van der Waals surface area contributed by atoms with Crippen LogP contribution in [-0.2, 0) is 0 Å². The molecule has 2 aromatic rings. The molecule has 2 rings (SSSR count). The second kappa shape index (κ2) is 5.40. The minimum Gasteiger partial charge on any atom is -0.477 e. The average Bonchev–Trinajstić information content (AvgIpc) is 2.30. The Hall–Kier alpha value is -1.88. The number of rotatable bonds is 3. The van der Waals surface area contributed by atoms with Gasteiger partial charge in [-0.05, 0) is 59.1 Å². The third-order valence-corrected chi connectivity index (χ3v) is 2.89. The molecule has 1 N–H and O–H groups in total. The number of hydrogen-bond donors (Lipinski definition) is 1. The van der Waals surface area contributed by atoms with Crippen molar-refractivity contribution in [2.45, 2.75) is 13.8 Å². The van der Waals surface area contributed by atoms with Gasteiger partial charge in [-0.15, -0.1) is 0 Å². The van der Waals surface area contributed by atoms with E-state index >= 15 is 0 Å². The van der Waals surface area contributed by atoms with Crippen LogP contribution >= 0.6 is 15.9 Å². The molecule has 5 heteroatoms. The lowest BCUT2D eigenvalue weighted by Crippen LogP contribution is -2.02. The lowest BCUT2D eigenvalue weighted by molar-refractivity contribution is 0.0693. The van der Waals surface area contributed by atoms with Crippen LogP contribution in [0.15, 0.2) is 34.9 Å². The Balaban J connectivity index is 2.40. The highest BCUT2D eigenvalue weighted by Crippen LogP contribution is 2.26. The van der Waals surface area contributed by atoms with Crippen molar-refractivity contribution >= 4 is 21.9 Å². The predicted molar refractivity (Wildman–Crippen MR) is 74.9 cm³/mol. The largest absolute Gasteiger partial charge is 0.477 e. The SMILES string of the molecule is Cc1cc(C)cc(Oc2ncc(Br)cc2C(=O)O)c1. The molecule has 0 saturated heterocycles. The highest BCUT2D eigenvalue weighted by atomic mass is 79.9. The van der Waals surface area contributed by atoms with Gasteiger partial charge >= 0.3 is 5.97 Å². The Morgan fingerprint density at radius 3 is 2.42 bits per heavy atom. The fourth-order valence-corrected chi connectivity index (χ4v) is 2.10. The second-order valence-corrected chi connectivity index (χ2v) is 5.15. The molecule has 98 valence electrons. The Labute approximate surface area is 119 Å². The van der Waals surface area contributed by atoms with Crippen LogP contribution in [0.2, 0.25) is 0 Å². The van der Waals surface area contributed by atoms with Crippen LogP contribution in [-0.4, -0.2) is 16.1 Å². The minimum atomic E-state index is -1.08. The lowest BCUT2D eigenvalue weighted by atomic mass is 10.1. The molecule has 0 bridgehead atoms. The first-order chi connectivity index (χ1) is 8.95. The molecular formula is C14H12BrNO3. The molecule has 4 nitrogen and oxygen atoms in total. The summed E-state index contributed by atoms with van der Waals surface area (Å²) < 4.78 is 6.17. The van der Waals surface area contributed by atoms with Crippen molar-refractivity contribution in [1.82, 2.24) is 4.98 Å². The first-order valence-corrected chi connectivity index (χ1v) is 6.40. The second-order valence-electron chi connectivity index (χ2n) is 4.24. The molecule has 0 atom stereocenters. The number of aromatic carboxylic acids is 1. The molecular weight excluding hydrogens is 310 g/mol. The zero-order valence-corrected chi connectivity index (χ0v) is 12.1. The highest BCUT2D eigenvalue weighted by Gasteiger charge is 2.14. The molecule has 1 heterocycles. The van der Waals surface area contributed by atoms with Gasteiger partial charge in [-0.2, -0.15) is 0 Å². The van der Waals surface area contributed by atoms with Gasteiger partial charge in [-0.25, -0.2) is 9.78 Å². The van der Waals surface area contributed by atoms with Crippen LogP contribution in [0.1, 0.15) is 21.5 Å². The van der Waals surface area contributed by atoms with Gasteiger partial charge in [0.25, 0.3) is 0 Å². The van der Waals surface area contributed by atoms with Gasteiger partial charge in [-0.1, -0.05) is 6.07 Å². The maximum Gasteiger partial charge on any atom is 0.341 e. The number of benzene rings is 1. The average molecular weight is 322 g/mol. The van der Waals surface area contributed by atoms with E-state index in [1.807, 2.05) is 32.0 Å². The predicted octanol–water partition coefficient (Wildman–Crippen LogP) is 3.95. The van der Waals surface area contributed by atoms with Gasteiger partial charge in [0.2, 0.25) is 5.88 Å². The van der Waals surface area contributed by atoms with Crippen LogP contribution in [0.3, 0.4) is 0 Å². The smallest absolute Gasteiger partial charge is 0.341 e. The lowest BCUT2D eigenvalue weighted by Gasteiger charge is -2.09. The Morgan fingerprint density at radius 1 is 1.21 bits per heavy atom. The number of nitrogens with zero attached hydrogens (tertiary/aromatic N) is 1. The van der Waals surface area contributed by atoms with E-state index in [1.165, 1.54) is 12.3 Å². The molecule has 0 spiro atoms. The standard InChI is InChI=1S/C14H12BrNO3/c1-8-3-9(2)5-11(4-8)19-13-12(14(17)18)6-10(15)7-16-13/h3-7H,1-2H3,(H,17,18). The molecule has 0 fully saturated rings. The van der Waals surface area contributed by atoms with Crippen molar-refractivity contribution in [2.75, 3.05) is 0 Å². The van der Waals surface area contributed by atoms with E-state index in [9.17, 15) is 4.79 Å². The summed E-state index contributed by atoms with van der Waals surface area (Å²) >= 11 is 3.19. The Kier molecular flexibility index (Phi) is 3.85. The number of carbonyl (C=O) groups is 1. The first-order valence-electron chi connectivity index (χ1n) is 5.60. The Bertz CT molecular complexity index is 620. The molecule has 0 aliphatic heterocycles. The number of hydrogen-bond acceptors (Lipinski definition) is 3. The maximum atomic E-state index is 11.2. The van der Waals surface area contributed by atoms with Crippen LogP contribution in [0.5, 0.6) is 11.6 Å². The van der Waals surface area contributed by atoms with Gasteiger partial charge in [0.05, 0.1) is 0 Å². The number of halogens is 1. The van der Waals surface area contributed by atoms with E-state index in [2.05, 4.69) is 20.9 Å². The van der Waals surface area contributed by atoms with Crippen LogP contribution < -0.4 is 4.74 Å². The third kappa shape index (κ3) is 3.32. The van der Waals surface area contributed by atoms with Gasteiger partial charge in [0.1, 0.15) is 11.3 Å². The van der Waals surface area contributed by atoms with Crippen molar-refractivity contribution in [3.05, 3.63) is 51.6 Å². The number of ether oxygens (including phenoxy) is 1. The van der Waals surface area contributed by atoms with Gasteiger partial charge in [-0.3, -0.25) is 0 Å². The van der Waals surface area contributed by atoms with Gasteiger partial charge in [0, 0.05) is 10.7 Å². The fraction of sp³-hybridized carbons (Fsp3) is 0.143. The van der Waals surface area contributed by atoms with Crippen LogP contribution in [0.25, 0.3) is 0 Å². The monoisotopic (exact) mass is 321 g/mol. The summed E-state index contributed by atoms with van der Waals surface area (Å²) in [7, 11) is 0. The summed E-state index contributed by atoms with van der Waals surface area (Å²) in [6, 6.07) is 7.15. The molecule has 0 unspecified atom stereocenters. The van der Waals surface area contributed by atoms with E-state index < -0.39 is 5.97 Å². The maximum absolute atomic E-state index is 11.2. The third-order valence-electron chi connectivity index (χ3n) is 2.46. The summed E-state index contributed by atoms with van der Waals surface area (Å²) in [5.41, 5.74) is 2.11. The summed E-state index contributed by atoms with van der Waals surface area (Å²) in [5, 5.41) is 9.14. The van der Waals surface area contributed by atoms with Crippen molar-refractivity contribution in [3.63, 3.8) is 0 Å². The summed E-state index contributed by atoms with van der Waals surface area (Å²) in [6.07, 6.45) is 1.50. The molecule has 0 aliphatic rings. The van der Waals surface area contributed by atoms with Crippen molar-refractivity contribution < 1.29 is 14.6 Å². The zero-order valence-electron chi connectivity index (χ0n) is 10.5. The highest BCUT2D eigenvalue weighted by molar-refractivity contribution is 9.10. The van der Waals surface area contributed by atoms with Crippen molar-refractivity contribution in [2.24, 2.45) is 0 Å². The van der Waals surface area contributed by atoms with Crippen LogP contribution in [0.4, 0.5) is 0 Å². The van der Waals surface area contributed by atoms with Crippen LogP contribution in [0, 0.1) is 13.8 Å². The number of pyridine rings is 1. The summed E-state index contributed by atoms with van der Waals surface area (Å²) in [5.74, 6) is -0.413. The van der Waals surface area contributed by atoms with E-state index in [-0.39, 0.29) is 11.4 Å². The number of carboxylic acids is 1. The molecule has 0 radical (unpaired) electrons. The number of aryl methyl sites for hydroxylation is 2. The van der Waals surface area contributed by atoms with Gasteiger partial charge in [0.15, 0.2) is 0 Å². The van der Waals surface area contributed by atoms with E-state index in [4.69, 9.17) is 9.84 Å². The minimum absolute atomic E-state index is 0.0218. The topological polar surface area (TPSA) is 59.4 Å². The number of aromatic nitrogens is 1. The van der Waals surface area contributed by atoms with E-state index in [1.54, 1.807) is 0 Å². The summed E-state index contributed by atoms with van der Waals surface area (Å²) in [6.45, 7) is 3.90. The van der Waals surface area contributed by atoms with E-state index in [0.29, 0.717) is 10.2 Å². The normalized spacial score (nSPS) is 10.3. The molecule has 0 amide bonds. The quantitative estimate of drug-likeness (QED) is 0.929. The molecule has 1 aromatic carbocycles. The molecule has 0 aliphatic carbocycles. The van der Waals surface area contributed by atoms with E-state index in [0.717, 1.165) is 11.1 Å². The fourth-order valence-electron chi connectivity index (χ4n) is 1.76. The molecule has 0 saturated carbocycles. The summed E-state index contributed by atoms with van der Waals surface area (Å²) in [4.78, 5) is 15.2. The zero-order chi connectivity index (χ0) is 14.0. The first kappa shape index (κ1) is 13.5. The molecule has 19 heavy (non-hydrogen) atoms. The molecule has 1 aromatic heterocycles. The van der Waals surface area contributed by atoms with Gasteiger partial charge < -0.3 is 9.84 Å². The Morgan fingerprint density at radius 2 is 1.84 bits per heavy atom.